The van der Waals surface area contributed by atoms with Gasteiger partial charge in [0.2, 0.25) is 0 Å². The fourth-order valence-electron chi connectivity index (χ4n) is 2.01. The van der Waals surface area contributed by atoms with Crippen molar-refractivity contribution in [3.8, 4) is 0 Å². The van der Waals surface area contributed by atoms with E-state index >= 15 is 0 Å². The van der Waals surface area contributed by atoms with Gasteiger partial charge in [0.1, 0.15) is 6.04 Å². The molecule has 0 aliphatic rings. The third-order valence-electron chi connectivity index (χ3n) is 3.11. The molecule has 2 N–H and O–H groups in total. The standard InChI is InChI=1S/C16H12Br2ClNO3/c17-11-5-10(6-12(18)8-11)15(21)20-14(16(22)23)7-9-3-1-2-4-13(9)19/h1-6,8,14H,7H2,(H,20,21)(H,22,23)/t14-/m1/s1. The third-order valence-corrected chi connectivity index (χ3v) is 4.39. The Morgan fingerprint density at radius 3 is 2.30 bits per heavy atom. The van der Waals surface area contributed by atoms with Crippen molar-refractivity contribution >= 4 is 55.3 Å². The molecule has 0 fully saturated rings. The highest BCUT2D eigenvalue weighted by atomic mass is 79.9. The fourth-order valence-corrected chi connectivity index (χ4v) is 3.52. The number of carbonyl (C=O) groups is 2. The molecule has 120 valence electrons. The molecule has 1 atom stereocenters. The largest absolute Gasteiger partial charge is 0.480 e. The van der Waals surface area contributed by atoms with Gasteiger partial charge in [-0.05, 0) is 29.8 Å². The molecule has 0 heterocycles. The number of halogens is 3. The molecule has 0 aromatic heterocycles. The number of nitrogens with one attached hydrogen (secondary N) is 1. The molecule has 0 saturated carbocycles. The van der Waals surface area contributed by atoms with E-state index in [9.17, 15) is 14.7 Å². The topological polar surface area (TPSA) is 66.4 Å². The number of carbonyl (C=O) groups excluding carboxylic acids is 1. The summed E-state index contributed by atoms with van der Waals surface area (Å²) in [6, 6.07) is 10.9. The molecular formula is C16H12Br2ClNO3. The van der Waals surface area contributed by atoms with E-state index in [1.807, 2.05) is 0 Å². The van der Waals surface area contributed by atoms with Crippen molar-refractivity contribution in [2.75, 3.05) is 0 Å². The molecule has 23 heavy (non-hydrogen) atoms. The first kappa shape index (κ1) is 18.0. The highest BCUT2D eigenvalue weighted by Gasteiger charge is 2.22. The molecule has 0 aliphatic carbocycles. The lowest BCUT2D eigenvalue weighted by Crippen LogP contribution is -2.42. The van der Waals surface area contributed by atoms with E-state index in [1.165, 1.54) is 0 Å². The van der Waals surface area contributed by atoms with Crippen LogP contribution in [0.2, 0.25) is 5.02 Å². The molecule has 4 nitrogen and oxygen atoms in total. The smallest absolute Gasteiger partial charge is 0.326 e. The van der Waals surface area contributed by atoms with E-state index in [4.69, 9.17) is 11.6 Å². The van der Waals surface area contributed by atoms with E-state index in [-0.39, 0.29) is 6.42 Å². The summed E-state index contributed by atoms with van der Waals surface area (Å²) in [5, 5.41) is 12.3. The molecule has 0 unspecified atom stereocenters. The molecule has 0 radical (unpaired) electrons. The summed E-state index contributed by atoms with van der Waals surface area (Å²) in [5.41, 5.74) is 1.02. The van der Waals surface area contributed by atoms with Crippen LogP contribution in [0.3, 0.4) is 0 Å². The Morgan fingerprint density at radius 1 is 1.13 bits per heavy atom. The van der Waals surface area contributed by atoms with E-state index in [2.05, 4.69) is 37.2 Å². The number of carboxylic acid groups (broad SMARTS) is 1. The second-order valence-electron chi connectivity index (χ2n) is 4.82. The summed E-state index contributed by atoms with van der Waals surface area (Å²) in [5.74, 6) is -1.58. The lowest BCUT2D eigenvalue weighted by atomic mass is 10.1. The Kier molecular flexibility index (Phi) is 6.21. The van der Waals surface area contributed by atoms with Crippen LogP contribution in [-0.2, 0) is 11.2 Å². The van der Waals surface area contributed by atoms with Gasteiger partial charge >= 0.3 is 5.97 Å². The van der Waals surface area contributed by atoms with Gasteiger partial charge in [0, 0.05) is 26.0 Å². The molecule has 2 aromatic rings. The Hall–Kier alpha value is -1.37. The van der Waals surface area contributed by atoms with Gasteiger partial charge in [-0.15, -0.1) is 0 Å². The normalized spacial score (nSPS) is 11.8. The molecule has 0 aliphatic heterocycles. The van der Waals surface area contributed by atoms with Crippen LogP contribution >= 0.6 is 43.5 Å². The van der Waals surface area contributed by atoms with Crippen molar-refractivity contribution in [3.05, 3.63) is 67.6 Å². The fraction of sp³-hybridized carbons (Fsp3) is 0.125. The highest BCUT2D eigenvalue weighted by molar-refractivity contribution is 9.11. The highest BCUT2D eigenvalue weighted by Crippen LogP contribution is 2.21. The van der Waals surface area contributed by atoms with Gasteiger partial charge in [0.05, 0.1) is 0 Å². The van der Waals surface area contributed by atoms with Gasteiger partial charge in [-0.25, -0.2) is 4.79 Å². The van der Waals surface area contributed by atoms with Gasteiger partial charge in [-0.2, -0.15) is 0 Å². The number of hydrogen-bond acceptors (Lipinski definition) is 2. The molecule has 0 spiro atoms. The predicted octanol–water partition coefficient (Wildman–Crippen LogP) is 4.29. The van der Waals surface area contributed by atoms with Crippen LogP contribution < -0.4 is 5.32 Å². The summed E-state index contributed by atoms with van der Waals surface area (Å²) >= 11 is 12.6. The first-order chi connectivity index (χ1) is 10.9. The van der Waals surface area contributed by atoms with Crippen LogP contribution in [-0.4, -0.2) is 23.0 Å². The average Bonchev–Trinajstić information content (AvgIpc) is 2.47. The minimum atomic E-state index is -1.12. The van der Waals surface area contributed by atoms with Gasteiger partial charge in [-0.1, -0.05) is 61.7 Å². The van der Waals surface area contributed by atoms with Crippen LogP contribution in [0.5, 0.6) is 0 Å². The number of hydrogen-bond donors (Lipinski definition) is 2. The predicted molar refractivity (Wildman–Crippen MR) is 95.9 cm³/mol. The first-order valence-corrected chi connectivity index (χ1v) is 8.56. The van der Waals surface area contributed by atoms with Crippen molar-refractivity contribution in [2.24, 2.45) is 0 Å². The number of aliphatic carboxylic acids is 1. The molecule has 1 amide bonds. The molecule has 0 bridgehead atoms. The van der Waals surface area contributed by atoms with E-state index in [0.717, 1.165) is 8.95 Å². The monoisotopic (exact) mass is 459 g/mol. The van der Waals surface area contributed by atoms with Crippen LogP contribution in [0.25, 0.3) is 0 Å². The maximum absolute atomic E-state index is 12.3. The number of amides is 1. The van der Waals surface area contributed by atoms with Gasteiger partial charge in [0.25, 0.3) is 5.91 Å². The van der Waals surface area contributed by atoms with E-state index < -0.39 is 17.9 Å². The van der Waals surface area contributed by atoms with E-state index in [0.29, 0.717) is 16.1 Å². The molecule has 2 aromatic carbocycles. The van der Waals surface area contributed by atoms with Crippen molar-refractivity contribution in [3.63, 3.8) is 0 Å². The maximum atomic E-state index is 12.3. The number of benzene rings is 2. The zero-order valence-electron chi connectivity index (χ0n) is 11.7. The van der Waals surface area contributed by atoms with Crippen LogP contribution in [0.1, 0.15) is 15.9 Å². The summed E-state index contributed by atoms with van der Waals surface area (Å²) < 4.78 is 1.44. The van der Waals surface area contributed by atoms with Crippen molar-refractivity contribution < 1.29 is 14.7 Å². The molecule has 7 heteroatoms. The lowest BCUT2D eigenvalue weighted by Gasteiger charge is -2.15. The third kappa shape index (κ3) is 5.06. The van der Waals surface area contributed by atoms with Crippen molar-refractivity contribution in [2.45, 2.75) is 12.5 Å². The summed E-state index contributed by atoms with van der Waals surface area (Å²) in [7, 11) is 0. The molecule has 2 rings (SSSR count). The minimum absolute atomic E-state index is 0.107. The number of rotatable bonds is 5. The molecular weight excluding hydrogens is 449 g/mol. The van der Waals surface area contributed by atoms with Gasteiger partial charge in [-0.3, -0.25) is 4.79 Å². The lowest BCUT2D eigenvalue weighted by molar-refractivity contribution is -0.139. The Bertz CT molecular complexity index is 732. The van der Waals surface area contributed by atoms with Gasteiger partial charge < -0.3 is 10.4 Å². The van der Waals surface area contributed by atoms with Crippen LogP contribution in [0.15, 0.2) is 51.4 Å². The first-order valence-electron chi connectivity index (χ1n) is 6.60. The average molecular weight is 462 g/mol. The van der Waals surface area contributed by atoms with Gasteiger partial charge in [0.15, 0.2) is 0 Å². The zero-order chi connectivity index (χ0) is 17.0. The minimum Gasteiger partial charge on any atom is -0.480 e. The van der Waals surface area contributed by atoms with Crippen molar-refractivity contribution in [1.29, 1.82) is 0 Å². The Morgan fingerprint density at radius 2 is 1.74 bits per heavy atom. The van der Waals surface area contributed by atoms with Crippen LogP contribution in [0, 0.1) is 0 Å². The Balaban J connectivity index is 2.18. The second-order valence-corrected chi connectivity index (χ2v) is 7.06. The number of carboxylic acids is 1. The quantitative estimate of drug-likeness (QED) is 0.698. The maximum Gasteiger partial charge on any atom is 0.326 e. The van der Waals surface area contributed by atoms with E-state index in [1.54, 1.807) is 42.5 Å². The van der Waals surface area contributed by atoms with Crippen LogP contribution in [0.4, 0.5) is 0 Å². The SMILES string of the molecule is O=C(N[C@H](Cc1ccccc1Cl)C(=O)O)c1cc(Br)cc(Br)c1. The molecule has 0 saturated heterocycles. The summed E-state index contributed by atoms with van der Waals surface area (Å²) in [6.07, 6.45) is 0.107. The van der Waals surface area contributed by atoms with Crippen molar-refractivity contribution in [1.82, 2.24) is 5.32 Å². The second kappa shape index (κ2) is 7.95. The summed E-state index contributed by atoms with van der Waals surface area (Å²) in [6.45, 7) is 0. The summed E-state index contributed by atoms with van der Waals surface area (Å²) in [4.78, 5) is 23.7. The Labute approximate surface area is 155 Å². The zero-order valence-corrected chi connectivity index (χ0v) is 15.7.